The van der Waals surface area contributed by atoms with Crippen LogP contribution in [0.15, 0.2) is 24.3 Å². The molecule has 1 fully saturated rings. The Balaban J connectivity index is 2.06. The first-order chi connectivity index (χ1) is 9.61. The third-order valence-corrected chi connectivity index (χ3v) is 4.22. The average Bonchev–Trinajstić information content (AvgIpc) is 2.47. The molecular formula is C16H22N2OS. The molecule has 3 nitrogen and oxygen atoms in total. The Morgan fingerprint density at radius 3 is 2.95 bits per heavy atom. The fourth-order valence-corrected chi connectivity index (χ4v) is 3.06. The first-order valence-corrected chi connectivity index (χ1v) is 7.71. The molecule has 108 valence electrons. The van der Waals surface area contributed by atoms with E-state index in [1.165, 1.54) is 19.3 Å². The van der Waals surface area contributed by atoms with E-state index in [4.69, 9.17) is 12.2 Å². The summed E-state index contributed by atoms with van der Waals surface area (Å²) in [5.74, 6) is 0.0731. The van der Waals surface area contributed by atoms with Gasteiger partial charge in [-0.2, -0.15) is 0 Å². The summed E-state index contributed by atoms with van der Waals surface area (Å²) < 4.78 is 0. The molecule has 0 aromatic heterocycles. The van der Waals surface area contributed by atoms with Gasteiger partial charge < -0.3 is 10.2 Å². The van der Waals surface area contributed by atoms with Crippen LogP contribution in [0.5, 0.6) is 0 Å². The van der Waals surface area contributed by atoms with Gasteiger partial charge in [0.1, 0.15) is 0 Å². The minimum Gasteiger partial charge on any atom is -0.346 e. The monoisotopic (exact) mass is 290 g/mol. The van der Waals surface area contributed by atoms with Gasteiger partial charge in [-0.3, -0.25) is 4.79 Å². The van der Waals surface area contributed by atoms with Gasteiger partial charge in [0.2, 0.25) is 0 Å². The summed E-state index contributed by atoms with van der Waals surface area (Å²) in [5.41, 5.74) is 1.60. The average molecular weight is 290 g/mol. The summed E-state index contributed by atoms with van der Waals surface area (Å²) in [6, 6.07) is 8.06. The SMILES string of the molecule is CCC1CCCCN1C(=S)Nc1cccc(C(C)=O)c1. The van der Waals surface area contributed by atoms with E-state index in [2.05, 4.69) is 17.1 Å². The molecule has 0 spiro atoms. The van der Waals surface area contributed by atoms with Crippen LogP contribution in [0.25, 0.3) is 0 Å². The van der Waals surface area contributed by atoms with Crippen molar-refractivity contribution < 1.29 is 4.79 Å². The van der Waals surface area contributed by atoms with Crippen LogP contribution >= 0.6 is 12.2 Å². The van der Waals surface area contributed by atoms with E-state index in [1.807, 2.05) is 24.3 Å². The van der Waals surface area contributed by atoms with Crippen molar-refractivity contribution in [3.05, 3.63) is 29.8 Å². The largest absolute Gasteiger partial charge is 0.346 e. The summed E-state index contributed by atoms with van der Waals surface area (Å²) >= 11 is 5.54. The number of ketones is 1. The zero-order valence-corrected chi connectivity index (χ0v) is 13.0. The second kappa shape index (κ2) is 6.84. The van der Waals surface area contributed by atoms with Crippen molar-refractivity contribution in [3.63, 3.8) is 0 Å². The summed E-state index contributed by atoms with van der Waals surface area (Å²) in [4.78, 5) is 13.7. The highest BCUT2D eigenvalue weighted by atomic mass is 32.1. The number of Topliss-reactive ketones (excluding diaryl/α,β-unsaturated/α-hetero) is 1. The molecule has 1 atom stereocenters. The van der Waals surface area contributed by atoms with Gasteiger partial charge in [-0.25, -0.2) is 0 Å². The number of anilines is 1. The lowest BCUT2D eigenvalue weighted by molar-refractivity contribution is 0.101. The molecule has 0 bridgehead atoms. The highest BCUT2D eigenvalue weighted by molar-refractivity contribution is 7.80. The molecule has 1 heterocycles. The van der Waals surface area contributed by atoms with Crippen LogP contribution in [0, 0.1) is 0 Å². The molecule has 1 aliphatic heterocycles. The van der Waals surface area contributed by atoms with Gasteiger partial charge in [0, 0.05) is 23.8 Å². The van der Waals surface area contributed by atoms with Gasteiger partial charge >= 0.3 is 0 Å². The number of carbonyl (C=O) groups is 1. The normalized spacial score (nSPS) is 18.7. The molecule has 2 rings (SSSR count). The van der Waals surface area contributed by atoms with Crippen molar-refractivity contribution in [2.45, 2.75) is 45.6 Å². The molecular weight excluding hydrogens is 268 g/mol. The van der Waals surface area contributed by atoms with Crippen molar-refractivity contribution >= 4 is 28.8 Å². The number of hydrogen-bond donors (Lipinski definition) is 1. The van der Waals surface area contributed by atoms with Gasteiger partial charge in [-0.15, -0.1) is 0 Å². The first-order valence-electron chi connectivity index (χ1n) is 7.30. The number of hydrogen-bond acceptors (Lipinski definition) is 2. The van der Waals surface area contributed by atoms with Crippen molar-refractivity contribution in [2.75, 3.05) is 11.9 Å². The minimum atomic E-state index is 0.0731. The van der Waals surface area contributed by atoms with Crippen LogP contribution in [0.3, 0.4) is 0 Å². The summed E-state index contributed by atoms with van der Waals surface area (Å²) in [6.07, 6.45) is 4.82. The molecule has 1 aromatic carbocycles. The Morgan fingerprint density at radius 2 is 2.25 bits per heavy atom. The molecule has 1 saturated heterocycles. The van der Waals surface area contributed by atoms with Crippen molar-refractivity contribution in [2.24, 2.45) is 0 Å². The quantitative estimate of drug-likeness (QED) is 0.677. The Hall–Kier alpha value is -1.42. The van der Waals surface area contributed by atoms with E-state index < -0.39 is 0 Å². The van der Waals surface area contributed by atoms with E-state index >= 15 is 0 Å². The number of rotatable bonds is 3. The van der Waals surface area contributed by atoms with E-state index in [0.29, 0.717) is 11.6 Å². The zero-order chi connectivity index (χ0) is 14.5. The van der Waals surface area contributed by atoms with Gasteiger partial charge in [-0.1, -0.05) is 19.1 Å². The Labute approximate surface area is 126 Å². The van der Waals surface area contributed by atoms with Crippen LogP contribution in [0.2, 0.25) is 0 Å². The van der Waals surface area contributed by atoms with E-state index in [9.17, 15) is 4.79 Å². The van der Waals surface area contributed by atoms with E-state index in [1.54, 1.807) is 6.92 Å². The summed E-state index contributed by atoms with van der Waals surface area (Å²) in [7, 11) is 0. The Bertz CT molecular complexity index is 501. The van der Waals surface area contributed by atoms with Crippen LogP contribution in [-0.4, -0.2) is 28.4 Å². The van der Waals surface area contributed by atoms with Gasteiger partial charge in [0.25, 0.3) is 0 Å². The Kier molecular flexibility index (Phi) is 5.12. The predicted molar refractivity (Wildman–Crippen MR) is 87.3 cm³/mol. The smallest absolute Gasteiger partial charge is 0.173 e. The summed E-state index contributed by atoms with van der Waals surface area (Å²) in [6.45, 7) is 4.81. The highest BCUT2D eigenvalue weighted by Gasteiger charge is 2.22. The number of nitrogens with one attached hydrogen (secondary N) is 1. The molecule has 0 radical (unpaired) electrons. The van der Waals surface area contributed by atoms with Crippen molar-refractivity contribution in [1.29, 1.82) is 0 Å². The predicted octanol–water partition coefficient (Wildman–Crippen LogP) is 3.85. The molecule has 0 amide bonds. The number of piperidine rings is 1. The molecule has 1 aliphatic rings. The van der Waals surface area contributed by atoms with Crippen LogP contribution in [0.4, 0.5) is 5.69 Å². The zero-order valence-electron chi connectivity index (χ0n) is 12.2. The Morgan fingerprint density at radius 1 is 1.45 bits per heavy atom. The first kappa shape index (κ1) is 15.0. The maximum atomic E-state index is 11.4. The number of thiocarbonyl (C=S) groups is 1. The lowest BCUT2D eigenvalue weighted by atomic mass is 10.0. The summed E-state index contributed by atoms with van der Waals surface area (Å²) in [5, 5.41) is 4.05. The second-order valence-electron chi connectivity index (χ2n) is 5.32. The van der Waals surface area contributed by atoms with Crippen LogP contribution < -0.4 is 5.32 Å². The van der Waals surface area contributed by atoms with Crippen molar-refractivity contribution in [1.82, 2.24) is 4.90 Å². The standard InChI is InChI=1S/C16H22N2OS/c1-3-15-9-4-5-10-18(15)16(20)17-14-8-6-7-13(11-14)12(2)19/h6-8,11,15H,3-5,9-10H2,1-2H3,(H,17,20). The van der Waals surface area contributed by atoms with E-state index in [0.717, 1.165) is 23.8 Å². The van der Waals surface area contributed by atoms with Gasteiger partial charge in [-0.05, 0) is 57.0 Å². The van der Waals surface area contributed by atoms with Crippen molar-refractivity contribution in [3.8, 4) is 0 Å². The van der Waals surface area contributed by atoms with E-state index in [-0.39, 0.29) is 5.78 Å². The highest BCUT2D eigenvalue weighted by Crippen LogP contribution is 2.21. The lowest BCUT2D eigenvalue weighted by Crippen LogP contribution is -2.45. The molecule has 0 saturated carbocycles. The minimum absolute atomic E-state index is 0.0731. The molecule has 20 heavy (non-hydrogen) atoms. The maximum Gasteiger partial charge on any atom is 0.173 e. The van der Waals surface area contributed by atoms with Crippen LogP contribution in [0.1, 0.15) is 49.9 Å². The third kappa shape index (κ3) is 3.57. The second-order valence-corrected chi connectivity index (χ2v) is 5.71. The van der Waals surface area contributed by atoms with Gasteiger partial charge in [0.15, 0.2) is 10.9 Å². The number of carbonyl (C=O) groups excluding carboxylic acids is 1. The molecule has 4 heteroatoms. The topological polar surface area (TPSA) is 32.3 Å². The number of benzene rings is 1. The number of nitrogens with zero attached hydrogens (tertiary/aromatic N) is 1. The van der Waals surface area contributed by atoms with Crippen LogP contribution in [-0.2, 0) is 0 Å². The molecule has 1 aromatic rings. The number of likely N-dealkylation sites (tertiary alicyclic amines) is 1. The lowest BCUT2D eigenvalue weighted by Gasteiger charge is -2.37. The molecule has 0 aliphatic carbocycles. The molecule has 1 unspecified atom stereocenters. The fraction of sp³-hybridized carbons (Fsp3) is 0.500. The fourth-order valence-electron chi connectivity index (χ4n) is 2.70. The maximum absolute atomic E-state index is 11.4. The van der Waals surface area contributed by atoms with Gasteiger partial charge in [0.05, 0.1) is 0 Å². The molecule has 1 N–H and O–H groups in total. The third-order valence-electron chi connectivity index (χ3n) is 3.88.